The van der Waals surface area contributed by atoms with Crippen LogP contribution in [0.15, 0.2) is 12.1 Å². The van der Waals surface area contributed by atoms with E-state index in [9.17, 15) is 8.78 Å². The Morgan fingerprint density at radius 3 is 1.50 bits per heavy atom. The summed E-state index contributed by atoms with van der Waals surface area (Å²) >= 11 is 0. The van der Waals surface area contributed by atoms with Crippen LogP contribution in [0.4, 0.5) is 8.78 Å². The molecule has 1 rings (SSSR count). The van der Waals surface area contributed by atoms with Gasteiger partial charge in [-0.1, -0.05) is 13.8 Å². The second kappa shape index (κ2) is 5.37. The zero-order valence-corrected chi connectivity index (χ0v) is 9.63. The molecule has 0 aliphatic carbocycles. The van der Waals surface area contributed by atoms with E-state index in [0.29, 0.717) is 24.2 Å². The van der Waals surface area contributed by atoms with Crippen LogP contribution in [0.2, 0.25) is 0 Å². The largest absolute Gasteiger partial charge is 0.330 e. The first-order valence-electron chi connectivity index (χ1n) is 5.40. The quantitative estimate of drug-likeness (QED) is 0.829. The van der Waals surface area contributed by atoms with E-state index in [1.54, 1.807) is 13.8 Å². The fraction of sp³-hybridized carbons (Fsp3) is 0.500. The van der Waals surface area contributed by atoms with Gasteiger partial charge in [0.25, 0.3) is 0 Å². The van der Waals surface area contributed by atoms with Gasteiger partial charge >= 0.3 is 0 Å². The van der Waals surface area contributed by atoms with Gasteiger partial charge < -0.3 is 11.5 Å². The van der Waals surface area contributed by atoms with Gasteiger partial charge in [-0.05, 0) is 48.2 Å². The van der Waals surface area contributed by atoms with Crippen LogP contribution in [-0.2, 0) is 0 Å². The summed E-state index contributed by atoms with van der Waals surface area (Å²) < 4.78 is 27.4. The van der Waals surface area contributed by atoms with E-state index in [0.717, 1.165) is 0 Å². The molecule has 2 atom stereocenters. The van der Waals surface area contributed by atoms with Crippen LogP contribution >= 0.6 is 0 Å². The van der Waals surface area contributed by atoms with E-state index in [-0.39, 0.29) is 11.8 Å². The van der Waals surface area contributed by atoms with Crippen LogP contribution in [0, 0.1) is 11.6 Å². The molecule has 0 saturated heterocycles. The number of hydrogen-bond donors (Lipinski definition) is 2. The van der Waals surface area contributed by atoms with Crippen LogP contribution < -0.4 is 11.5 Å². The molecule has 0 radical (unpaired) electrons. The fourth-order valence-corrected chi connectivity index (χ4v) is 1.59. The molecular weight excluding hydrogens is 210 g/mol. The standard InChI is InChI=1S/C12H18F2N2/c1-7(5-15)9-3-12(14)10(4-11(9)13)8(2)6-16/h3-4,7-8H,5-6,15-16H2,1-2H3. The van der Waals surface area contributed by atoms with Crippen molar-refractivity contribution >= 4 is 0 Å². The first-order valence-corrected chi connectivity index (χ1v) is 5.40. The normalized spacial score (nSPS) is 14.9. The lowest BCUT2D eigenvalue weighted by Gasteiger charge is -2.15. The SMILES string of the molecule is CC(CN)c1cc(F)c(C(C)CN)cc1F. The van der Waals surface area contributed by atoms with Crippen LogP contribution in [0.1, 0.15) is 36.8 Å². The van der Waals surface area contributed by atoms with Crippen molar-refractivity contribution in [2.45, 2.75) is 25.7 Å². The molecule has 4 heteroatoms. The van der Waals surface area contributed by atoms with Gasteiger partial charge in [0.2, 0.25) is 0 Å². The molecule has 0 aliphatic heterocycles. The minimum Gasteiger partial charge on any atom is -0.330 e. The van der Waals surface area contributed by atoms with Crippen molar-refractivity contribution in [1.82, 2.24) is 0 Å². The Labute approximate surface area is 94.6 Å². The molecule has 2 nitrogen and oxygen atoms in total. The van der Waals surface area contributed by atoms with Gasteiger partial charge in [0, 0.05) is 0 Å². The molecule has 0 aromatic heterocycles. The zero-order chi connectivity index (χ0) is 12.3. The Kier molecular flexibility index (Phi) is 4.38. The van der Waals surface area contributed by atoms with E-state index < -0.39 is 11.6 Å². The van der Waals surface area contributed by atoms with Gasteiger partial charge in [0.1, 0.15) is 11.6 Å². The van der Waals surface area contributed by atoms with E-state index in [1.807, 2.05) is 0 Å². The summed E-state index contributed by atoms with van der Waals surface area (Å²) in [6, 6.07) is 2.46. The van der Waals surface area contributed by atoms with Gasteiger partial charge in [0.15, 0.2) is 0 Å². The van der Waals surface area contributed by atoms with Gasteiger partial charge in [0.05, 0.1) is 0 Å². The lowest BCUT2D eigenvalue weighted by atomic mass is 9.94. The molecule has 0 heterocycles. The molecule has 16 heavy (non-hydrogen) atoms. The minimum absolute atomic E-state index is 0.184. The second-order valence-electron chi connectivity index (χ2n) is 4.17. The van der Waals surface area contributed by atoms with Crippen LogP contribution in [0.3, 0.4) is 0 Å². The van der Waals surface area contributed by atoms with E-state index in [2.05, 4.69) is 0 Å². The van der Waals surface area contributed by atoms with Crippen molar-refractivity contribution in [3.8, 4) is 0 Å². The molecule has 1 aromatic carbocycles. The van der Waals surface area contributed by atoms with Crippen molar-refractivity contribution in [3.05, 3.63) is 34.9 Å². The lowest BCUT2D eigenvalue weighted by molar-refractivity contribution is 0.548. The molecule has 0 bridgehead atoms. The molecule has 0 aliphatic rings. The average molecular weight is 228 g/mol. The molecule has 2 unspecified atom stereocenters. The lowest BCUT2D eigenvalue weighted by Crippen LogP contribution is -2.14. The highest BCUT2D eigenvalue weighted by Gasteiger charge is 2.16. The van der Waals surface area contributed by atoms with Crippen molar-refractivity contribution < 1.29 is 8.78 Å². The summed E-state index contributed by atoms with van der Waals surface area (Å²) in [5.41, 5.74) is 11.5. The van der Waals surface area contributed by atoms with E-state index >= 15 is 0 Å². The Bertz CT molecular complexity index is 331. The van der Waals surface area contributed by atoms with E-state index in [4.69, 9.17) is 11.5 Å². The number of halogens is 2. The predicted molar refractivity (Wildman–Crippen MR) is 61.3 cm³/mol. The van der Waals surface area contributed by atoms with Crippen molar-refractivity contribution in [1.29, 1.82) is 0 Å². The number of rotatable bonds is 4. The highest BCUT2D eigenvalue weighted by Crippen LogP contribution is 2.25. The smallest absolute Gasteiger partial charge is 0.127 e. The predicted octanol–water partition coefficient (Wildman–Crippen LogP) is 2.09. The minimum atomic E-state index is -0.408. The first-order chi connectivity index (χ1) is 7.51. The van der Waals surface area contributed by atoms with Gasteiger partial charge in [-0.2, -0.15) is 0 Å². The third kappa shape index (κ3) is 2.57. The molecule has 0 saturated carbocycles. The second-order valence-corrected chi connectivity index (χ2v) is 4.17. The summed E-state index contributed by atoms with van der Waals surface area (Å²) in [4.78, 5) is 0. The molecular formula is C12H18F2N2. The average Bonchev–Trinajstić information content (AvgIpc) is 2.29. The highest BCUT2D eigenvalue weighted by molar-refractivity contribution is 5.30. The van der Waals surface area contributed by atoms with Gasteiger partial charge in [-0.15, -0.1) is 0 Å². The van der Waals surface area contributed by atoms with Crippen molar-refractivity contribution in [3.63, 3.8) is 0 Å². The Morgan fingerprint density at radius 1 is 0.938 bits per heavy atom. The summed E-state index contributed by atoms with van der Waals surface area (Å²) in [6.07, 6.45) is 0. The molecule has 90 valence electrons. The highest BCUT2D eigenvalue weighted by atomic mass is 19.1. The summed E-state index contributed by atoms with van der Waals surface area (Å²) in [6.45, 7) is 4.12. The maximum atomic E-state index is 13.7. The number of hydrogen-bond acceptors (Lipinski definition) is 2. The topological polar surface area (TPSA) is 52.0 Å². The van der Waals surface area contributed by atoms with Gasteiger partial charge in [-0.3, -0.25) is 0 Å². The fourth-order valence-electron chi connectivity index (χ4n) is 1.59. The van der Waals surface area contributed by atoms with E-state index in [1.165, 1.54) is 12.1 Å². The van der Waals surface area contributed by atoms with Crippen LogP contribution in [0.5, 0.6) is 0 Å². The summed E-state index contributed by atoms with van der Waals surface area (Å²) in [5, 5.41) is 0. The third-order valence-corrected chi connectivity index (χ3v) is 2.88. The number of nitrogens with two attached hydrogens (primary N) is 2. The molecule has 0 spiro atoms. The Hall–Kier alpha value is -1.00. The van der Waals surface area contributed by atoms with Crippen molar-refractivity contribution in [2.24, 2.45) is 11.5 Å². The van der Waals surface area contributed by atoms with Crippen LogP contribution in [-0.4, -0.2) is 13.1 Å². The molecule has 0 fully saturated rings. The third-order valence-electron chi connectivity index (χ3n) is 2.88. The molecule has 4 N–H and O–H groups in total. The Balaban J connectivity index is 3.16. The summed E-state index contributed by atoms with van der Waals surface area (Å²) in [5.74, 6) is -1.18. The maximum absolute atomic E-state index is 13.7. The number of benzene rings is 1. The van der Waals surface area contributed by atoms with Crippen LogP contribution in [0.25, 0.3) is 0 Å². The van der Waals surface area contributed by atoms with Gasteiger partial charge in [-0.25, -0.2) is 8.78 Å². The Morgan fingerprint density at radius 2 is 1.25 bits per heavy atom. The molecule has 0 amide bonds. The summed E-state index contributed by atoms with van der Waals surface area (Å²) in [7, 11) is 0. The first kappa shape index (κ1) is 13.1. The monoisotopic (exact) mass is 228 g/mol. The zero-order valence-electron chi connectivity index (χ0n) is 9.63. The van der Waals surface area contributed by atoms with Crippen molar-refractivity contribution in [2.75, 3.05) is 13.1 Å². The molecule has 1 aromatic rings. The maximum Gasteiger partial charge on any atom is 0.127 e.